The molecule has 1 fully saturated rings. The summed E-state index contributed by atoms with van der Waals surface area (Å²) in [5.41, 5.74) is 8.47. The number of fused-ring (bicyclic) bond motifs is 1. The minimum absolute atomic E-state index is 0.332. The molecule has 1 aromatic carbocycles. The average Bonchev–Trinajstić information content (AvgIpc) is 3.14. The largest absolute Gasteiger partial charge is 0.399 e. The number of nitrogens with two attached hydrogens (primary N) is 1. The summed E-state index contributed by atoms with van der Waals surface area (Å²) in [6, 6.07) is 5.74. The molecule has 0 bridgehead atoms. The van der Waals surface area contributed by atoms with Gasteiger partial charge in [-0.05, 0) is 31.0 Å². The van der Waals surface area contributed by atoms with E-state index in [1.54, 1.807) is 7.11 Å². The molecule has 2 aromatic rings. The Morgan fingerprint density at radius 1 is 1.53 bits per heavy atom. The maximum atomic E-state index is 9.96. The molecule has 1 aromatic heterocycles. The molecule has 1 atom stereocenters. The van der Waals surface area contributed by atoms with Gasteiger partial charge in [0.2, 0.25) is 0 Å². The van der Waals surface area contributed by atoms with Crippen molar-refractivity contribution in [2.45, 2.75) is 31.4 Å². The van der Waals surface area contributed by atoms with Crippen LogP contribution in [-0.2, 0) is 11.3 Å². The summed E-state index contributed by atoms with van der Waals surface area (Å²) in [4.78, 5) is 4.68. The van der Waals surface area contributed by atoms with Gasteiger partial charge in [0.05, 0.1) is 30.3 Å². The van der Waals surface area contributed by atoms with Crippen LogP contribution in [0, 0.1) is 0 Å². The fraction of sp³-hybridized carbons (Fsp3) is 0.500. The Bertz CT molecular complexity index is 590. The van der Waals surface area contributed by atoms with E-state index in [0.717, 1.165) is 22.5 Å². The summed E-state index contributed by atoms with van der Waals surface area (Å²) in [6.07, 6.45) is 1.84. The SMILES string of the molecule is COCC(O)Cn1c(C2CC2)nc2cc(N)ccc21. The third kappa shape index (κ3) is 2.43. The lowest BCUT2D eigenvalue weighted by Crippen LogP contribution is -2.22. The van der Waals surface area contributed by atoms with E-state index in [2.05, 4.69) is 9.55 Å². The Balaban J connectivity index is 2.01. The Kier molecular flexibility index (Phi) is 3.16. The van der Waals surface area contributed by atoms with Gasteiger partial charge in [-0.1, -0.05) is 0 Å². The molecule has 1 unspecified atom stereocenters. The van der Waals surface area contributed by atoms with E-state index in [1.165, 1.54) is 12.8 Å². The highest BCUT2D eigenvalue weighted by Crippen LogP contribution is 2.40. The molecule has 3 rings (SSSR count). The van der Waals surface area contributed by atoms with Gasteiger partial charge in [-0.2, -0.15) is 0 Å². The lowest BCUT2D eigenvalue weighted by Gasteiger charge is -2.13. The Hall–Kier alpha value is -1.59. The standard InChI is InChI=1S/C14H19N3O2/c1-19-8-11(18)7-17-13-5-4-10(15)6-12(13)16-14(17)9-2-3-9/h4-6,9,11,18H,2-3,7-8,15H2,1H3. The number of hydrogen-bond donors (Lipinski definition) is 2. The Labute approximate surface area is 112 Å². The number of methoxy groups -OCH3 is 1. The summed E-state index contributed by atoms with van der Waals surface area (Å²) in [5.74, 6) is 1.60. The van der Waals surface area contributed by atoms with Crippen LogP contribution in [0.25, 0.3) is 11.0 Å². The highest BCUT2D eigenvalue weighted by Gasteiger charge is 2.30. The van der Waals surface area contributed by atoms with Gasteiger partial charge in [-0.15, -0.1) is 0 Å². The van der Waals surface area contributed by atoms with Crippen molar-refractivity contribution < 1.29 is 9.84 Å². The fourth-order valence-corrected chi connectivity index (χ4v) is 2.47. The van der Waals surface area contributed by atoms with Crippen LogP contribution in [0.1, 0.15) is 24.6 Å². The van der Waals surface area contributed by atoms with Gasteiger partial charge >= 0.3 is 0 Å². The number of aliphatic hydroxyl groups is 1. The minimum atomic E-state index is -0.516. The van der Waals surface area contributed by atoms with Crippen LogP contribution in [-0.4, -0.2) is 34.5 Å². The van der Waals surface area contributed by atoms with Crippen molar-refractivity contribution in [3.63, 3.8) is 0 Å². The summed E-state index contributed by atoms with van der Waals surface area (Å²) >= 11 is 0. The normalized spacial score (nSPS) is 16.9. The fourth-order valence-electron chi connectivity index (χ4n) is 2.47. The number of nitrogen functional groups attached to an aromatic ring is 1. The zero-order chi connectivity index (χ0) is 13.4. The molecule has 1 aliphatic rings. The predicted molar refractivity (Wildman–Crippen MR) is 74.0 cm³/mol. The van der Waals surface area contributed by atoms with Gasteiger partial charge in [0.25, 0.3) is 0 Å². The van der Waals surface area contributed by atoms with E-state index >= 15 is 0 Å². The summed E-state index contributed by atoms with van der Waals surface area (Å²) < 4.78 is 7.10. The third-order valence-corrected chi connectivity index (χ3v) is 3.50. The van der Waals surface area contributed by atoms with Crippen LogP contribution < -0.4 is 5.73 Å². The number of aliphatic hydroxyl groups excluding tert-OH is 1. The minimum Gasteiger partial charge on any atom is -0.399 e. The van der Waals surface area contributed by atoms with Gasteiger partial charge in [0.15, 0.2) is 0 Å². The maximum Gasteiger partial charge on any atom is 0.113 e. The number of aromatic nitrogens is 2. The zero-order valence-corrected chi connectivity index (χ0v) is 11.0. The van der Waals surface area contributed by atoms with Crippen LogP contribution in [0.15, 0.2) is 18.2 Å². The molecule has 19 heavy (non-hydrogen) atoms. The Morgan fingerprint density at radius 2 is 2.32 bits per heavy atom. The summed E-state index contributed by atoms with van der Waals surface area (Å²) in [7, 11) is 1.59. The van der Waals surface area contributed by atoms with Crippen molar-refractivity contribution in [1.29, 1.82) is 0 Å². The molecule has 1 saturated carbocycles. The first-order valence-corrected chi connectivity index (χ1v) is 6.61. The van der Waals surface area contributed by atoms with Gasteiger partial charge in [0, 0.05) is 18.7 Å². The zero-order valence-electron chi connectivity index (χ0n) is 11.0. The number of imidazole rings is 1. The quantitative estimate of drug-likeness (QED) is 0.800. The molecule has 0 saturated heterocycles. The van der Waals surface area contributed by atoms with Crippen LogP contribution in [0.3, 0.4) is 0 Å². The van der Waals surface area contributed by atoms with E-state index in [1.807, 2.05) is 18.2 Å². The second-order valence-corrected chi connectivity index (χ2v) is 5.21. The van der Waals surface area contributed by atoms with Gasteiger partial charge in [0.1, 0.15) is 5.82 Å². The van der Waals surface area contributed by atoms with Crippen LogP contribution in [0.4, 0.5) is 5.69 Å². The van der Waals surface area contributed by atoms with E-state index < -0.39 is 6.10 Å². The molecule has 0 spiro atoms. The first-order valence-electron chi connectivity index (χ1n) is 6.61. The molecule has 1 heterocycles. The molecule has 5 nitrogen and oxygen atoms in total. The van der Waals surface area contributed by atoms with E-state index in [9.17, 15) is 5.11 Å². The summed E-state index contributed by atoms with van der Waals surface area (Å²) in [6.45, 7) is 0.846. The highest BCUT2D eigenvalue weighted by atomic mass is 16.5. The molecule has 102 valence electrons. The molecule has 0 aliphatic heterocycles. The molecule has 0 radical (unpaired) electrons. The van der Waals surface area contributed by atoms with Crippen molar-refractivity contribution in [1.82, 2.24) is 9.55 Å². The van der Waals surface area contributed by atoms with Gasteiger partial charge in [-0.3, -0.25) is 0 Å². The second-order valence-electron chi connectivity index (χ2n) is 5.21. The van der Waals surface area contributed by atoms with Crippen LogP contribution in [0.5, 0.6) is 0 Å². The smallest absolute Gasteiger partial charge is 0.113 e. The highest BCUT2D eigenvalue weighted by molar-refractivity contribution is 5.79. The summed E-state index contributed by atoms with van der Waals surface area (Å²) in [5, 5.41) is 9.96. The van der Waals surface area contributed by atoms with E-state index in [0.29, 0.717) is 19.1 Å². The van der Waals surface area contributed by atoms with Crippen molar-refractivity contribution in [2.75, 3.05) is 19.5 Å². The third-order valence-electron chi connectivity index (χ3n) is 3.50. The number of hydrogen-bond acceptors (Lipinski definition) is 4. The molecule has 1 aliphatic carbocycles. The lowest BCUT2D eigenvalue weighted by molar-refractivity contribution is 0.0539. The topological polar surface area (TPSA) is 73.3 Å². The molecule has 0 amide bonds. The average molecular weight is 261 g/mol. The van der Waals surface area contributed by atoms with Crippen molar-refractivity contribution in [3.05, 3.63) is 24.0 Å². The van der Waals surface area contributed by atoms with E-state index in [-0.39, 0.29) is 0 Å². The van der Waals surface area contributed by atoms with Gasteiger partial charge < -0.3 is 20.1 Å². The van der Waals surface area contributed by atoms with Crippen LogP contribution >= 0.6 is 0 Å². The van der Waals surface area contributed by atoms with E-state index in [4.69, 9.17) is 10.5 Å². The number of benzene rings is 1. The first kappa shape index (κ1) is 12.4. The number of rotatable bonds is 5. The lowest BCUT2D eigenvalue weighted by atomic mass is 10.2. The predicted octanol–water partition coefficient (Wildman–Crippen LogP) is 1.50. The number of ether oxygens (including phenoxy) is 1. The number of anilines is 1. The molecule has 5 heteroatoms. The first-order chi connectivity index (χ1) is 9.19. The van der Waals surface area contributed by atoms with Gasteiger partial charge in [-0.25, -0.2) is 4.98 Å². The second kappa shape index (κ2) is 4.83. The molecular formula is C14H19N3O2. The maximum absolute atomic E-state index is 9.96. The molecule has 3 N–H and O–H groups in total. The van der Waals surface area contributed by atoms with Crippen molar-refractivity contribution >= 4 is 16.7 Å². The molecular weight excluding hydrogens is 242 g/mol. The van der Waals surface area contributed by atoms with Crippen molar-refractivity contribution in [3.8, 4) is 0 Å². The van der Waals surface area contributed by atoms with Crippen LogP contribution in [0.2, 0.25) is 0 Å². The van der Waals surface area contributed by atoms with Crippen molar-refractivity contribution in [2.24, 2.45) is 0 Å². The number of nitrogens with zero attached hydrogens (tertiary/aromatic N) is 2. The monoisotopic (exact) mass is 261 g/mol. The Morgan fingerprint density at radius 3 is 3.00 bits per heavy atom.